The van der Waals surface area contributed by atoms with Gasteiger partial charge in [0.25, 0.3) is 10.2 Å². The van der Waals surface area contributed by atoms with Crippen molar-refractivity contribution in [2.24, 2.45) is 0 Å². The predicted octanol–water partition coefficient (Wildman–Crippen LogP) is 0.727. The summed E-state index contributed by atoms with van der Waals surface area (Å²) in [6.07, 6.45) is 3.67. The summed E-state index contributed by atoms with van der Waals surface area (Å²) in [5.41, 5.74) is 0. The Bertz CT molecular complexity index is 292. The molecule has 104 valence electrons. The van der Waals surface area contributed by atoms with Crippen LogP contribution in [0.25, 0.3) is 0 Å². The smallest absolute Gasteiger partial charge is 0.279 e. The zero-order valence-electron chi connectivity index (χ0n) is 10.6. The fourth-order valence-corrected chi connectivity index (χ4v) is 2.95. The molecule has 0 aromatic heterocycles. The third-order valence-corrected chi connectivity index (χ3v) is 4.53. The summed E-state index contributed by atoms with van der Waals surface area (Å²) in [5, 5.41) is 3.22. The van der Waals surface area contributed by atoms with Crippen molar-refractivity contribution < 1.29 is 8.42 Å². The number of hydrogen-bond acceptors (Lipinski definition) is 3. The average Bonchev–Trinajstić information content (AvgIpc) is 2.26. The van der Waals surface area contributed by atoms with Gasteiger partial charge in [-0.3, -0.25) is 0 Å². The van der Waals surface area contributed by atoms with Crippen molar-refractivity contribution in [3.05, 3.63) is 0 Å². The highest BCUT2D eigenvalue weighted by atomic mass is 35.5. The topological polar surface area (TPSA) is 61.4 Å². The first-order valence-corrected chi connectivity index (χ1v) is 7.44. The molecule has 0 unspecified atom stereocenters. The van der Waals surface area contributed by atoms with Crippen molar-refractivity contribution >= 4 is 22.6 Å². The molecular weight excluding hydrogens is 262 g/mol. The zero-order valence-corrected chi connectivity index (χ0v) is 12.2. The van der Waals surface area contributed by atoms with Crippen molar-refractivity contribution in [3.8, 4) is 0 Å². The Morgan fingerprint density at radius 3 is 2.47 bits per heavy atom. The molecule has 17 heavy (non-hydrogen) atoms. The Hall–Kier alpha value is 0.120. The summed E-state index contributed by atoms with van der Waals surface area (Å²) in [4.78, 5) is 0. The number of halogens is 1. The fourth-order valence-electron chi connectivity index (χ4n) is 1.74. The van der Waals surface area contributed by atoms with E-state index in [0.717, 1.165) is 38.8 Å². The lowest BCUT2D eigenvalue weighted by Gasteiger charge is -2.26. The van der Waals surface area contributed by atoms with Crippen LogP contribution in [0.1, 0.15) is 32.6 Å². The SMILES string of the molecule is CCCCN(C)S(=O)(=O)NC1CCNCC1.Cl. The third kappa shape index (κ3) is 6.01. The predicted molar refractivity (Wildman–Crippen MR) is 72.7 cm³/mol. The quantitative estimate of drug-likeness (QED) is 0.756. The first-order chi connectivity index (χ1) is 7.56. The van der Waals surface area contributed by atoms with Crippen LogP contribution in [0.5, 0.6) is 0 Å². The summed E-state index contributed by atoms with van der Waals surface area (Å²) in [5.74, 6) is 0. The van der Waals surface area contributed by atoms with E-state index in [9.17, 15) is 8.42 Å². The van der Waals surface area contributed by atoms with Gasteiger partial charge in [-0.25, -0.2) is 0 Å². The van der Waals surface area contributed by atoms with E-state index in [1.165, 1.54) is 4.31 Å². The van der Waals surface area contributed by atoms with Gasteiger partial charge in [-0.15, -0.1) is 12.4 Å². The maximum Gasteiger partial charge on any atom is 0.279 e. The molecule has 0 saturated carbocycles. The molecule has 0 bridgehead atoms. The zero-order chi connectivity index (χ0) is 12.0. The van der Waals surface area contributed by atoms with E-state index < -0.39 is 10.2 Å². The van der Waals surface area contributed by atoms with Crippen LogP contribution in [-0.4, -0.2) is 45.4 Å². The summed E-state index contributed by atoms with van der Waals surface area (Å²) < 4.78 is 28.0. The van der Waals surface area contributed by atoms with E-state index in [-0.39, 0.29) is 18.4 Å². The Morgan fingerprint density at radius 1 is 1.35 bits per heavy atom. The highest BCUT2D eigenvalue weighted by molar-refractivity contribution is 7.87. The summed E-state index contributed by atoms with van der Waals surface area (Å²) >= 11 is 0. The van der Waals surface area contributed by atoms with Crippen LogP contribution < -0.4 is 10.0 Å². The number of rotatable bonds is 6. The van der Waals surface area contributed by atoms with Crippen molar-refractivity contribution in [2.75, 3.05) is 26.7 Å². The molecule has 1 aliphatic heterocycles. The molecule has 1 aliphatic rings. The van der Waals surface area contributed by atoms with E-state index in [0.29, 0.717) is 6.54 Å². The molecule has 0 aromatic carbocycles. The lowest BCUT2D eigenvalue weighted by atomic mass is 10.1. The average molecular weight is 286 g/mol. The molecular formula is C10H24ClN3O2S. The van der Waals surface area contributed by atoms with Gasteiger partial charge in [-0.05, 0) is 32.4 Å². The second-order valence-corrected chi connectivity index (χ2v) is 6.13. The standard InChI is InChI=1S/C10H23N3O2S.ClH/c1-3-4-9-13(2)16(14,15)12-10-5-7-11-8-6-10;/h10-12H,3-9H2,1-2H3;1H. The molecule has 5 nitrogen and oxygen atoms in total. The van der Waals surface area contributed by atoms with Gasteiger partial charge in [0.15, 0.2) is 0 Å². The molecule has 0 spiro atoms. The van der Waals surface area contributed by atoms with Crippen molar-refractivity contribution in [3.63, 3.8) is 0 Å². The molecule has 0 radical (unpaired) electrons. The minimum Gasteiger partial charge on any atom is -0.317 e. The van der Waals surface area contributed by atoms with Gasteiger partial charge in [0.2, 0.25) is 0 Å². The minimum atomic E-state index is -3.28. The summed E-state index contributed by atoms with van der Waals surface area (Å²) in [6, 6.07) is 0.0929. The molecule has 1 rings (SSSR count). The lowest BCUT2D eigenvalue weighted by molar-refractivity contribution is 0.399. The van der Waals surface area contributed by atoms with Crippen LogP contribution in [0.2, 0.25) is 0 Å². The maximum atomic E-state index is 11.9. The normalized spacial score (nSPS) is 18.1. The van der Waals surface area contributed by atoms with Crippen LogP contribution in [-0.2, 0) is 10.2 Å². The molecule has 1 saturated heterocycles. The molecule has 1 fully saturated rings. The molecule has 7 heteroatoms. The van der Waals surface area contributed by atoms with E-state index in [2.05, 4.69) is 17.0 Å². The number of piperidine rings is 1. The Kier molecular flexibility index (Phi) is 8.32. The number of hydrogen-bond donors (Lipinski definition) is 2. The summed E-state index contributed by atoms with van der Waals surface area (Å²) in [7, 11) is -1.64. The highest BCUT2D eigenvalue weighted by Crippen LogP contribution is 2.06. The molecule has 0 aliphatic carbocycles. The Labute approximate surface area is 111 Å². The molecule has 0 aromatic rings. The van der Waals surface area contributed by atoms with Gasteiger partial charge in [-0.1, -0.05) is 13.3 Å². The van der Waals surface area contributed by atoms with Gasteiger partial charge >= 0.3 is 0 Å². The Morgan fingerprint density at radius 2 is 1.94 bits per heavy atom. The van der Waals surface area contributed by atoms with Crippen LogP contribution in [0, 0.1) is 0 Å². The molecule has 1 heterocycles. The van der Waals surface area contributed by atoms with Gasteiger partial charge < -0.3 is 5.32 Å². The number of unbranched alkanes of at least 4 members (excludes halogenated alkanes) is 1. The largest absolute Gasteiger partial charge is 0.317 e. The van der Waals surface area contributed by atoms with Gasteiger partial charge in [-0.2, -0.15) is 17.4 Å². The molecule has 0 amide bonds. The van der Waals surface area contributed by atoms with E-state index in [1.54, 1.807) is 7.05 Å². The third-order valence-electron chi connectivity index (χ3n) is 2.89. The van der Waals surface area contributed by atoms with E-state index in [4.69, 9.17) is 0 Å². The lowest BCUT2D eigenvalue weighted by Crippen LogP contribution is -2.47. The van der Waals surface area contributed by atoms with E-state index >= 15 is 0 Å². The van der Waals surface area contributed by atoms with Crippen molar-refractivity contribution in [1.82, 2.24) is 14.3 Å². The first-order valence-electron chi connectivity index (χ1n) is 6.00. The second-order valence-electron chi connectivity index (χ2n) is 4.32. The maximum absolute atomic E-state index is 11.9. The van der Waals surface area contributed by atoms with Crippen LogP contribution >= 0.6 is 12.4 Å². The Balaban J connectivity index is 0.00000256. The van der Waals surface area contributed by atoms with Crippen LogP contribution in [0.4, 0.5) is 0 Å². The van der Waals surface area contributed by atoms with Gasteiger partial charge in [0.1, 0.15) is 0 Å². The van der Waals surface area contributed by atoms with Crippen molar-refractivity contribution in [1.29, 1.82) is 0 Å². The second kappa shape index (κ2) is 8.26. The highest BCUT2D eigenvalue weighted by Gasteiger charge is 2.22. The van der Waals surface area contributed by atoms with Crippen LogP contribution in [0.15, 0.2) is 0 Å². The first kappa shape index (κ1) is 17.1. The van der Waals surface area contributed by atoms with Crippen LogP contribution in [0.3, 0.4) is 0 Å². The fraction of sp³-hybridized carbons (Fsp3) is 1.00. The van der Waals surface area contributed by atoms with Crippen molar-refractivity contribution in [2.45, 2.75) is 38.6 Å². The molecule has 2 N–H and O–H groups in total. The molecule has 0 atom stereocenters. The van der Waals surface area contributed by atoms with E-state index in [1.807, 2.05) is 0 Å². The van der Waals surface area contributed by atoms with Gasteiger partial charge in [0, 0.05) is 19.6 Å². The summed E-state index contributed by atoms with van der Waals surface area (Å²) in [6.45, 7) is 4.44. The number of nitrogens with one attached hydrogen (secondary N) is 2. The minimum absolute atomic E-state index is 0. The number of nitrogens with zero attached hydrogens (tertiary/aromatic N) is 1. The monoisotopic (exact) mass is 285 g/mol. The van der Waals surface area contributed by atoms with Gasteiger partial charge in [0.05, 0.1) is 0 Å².